The molecule has 0 atom stereocenters. The summed E-state index contributed by atoms with van der Waals surface area (Å²) in [5, 5.41) is 0. The molecular formula is C25H28O6. The summed E-state index contributed by atoms with van der Waals surface area (Å²) in [6.07, 6.45) is 5.34. The highest BCUT2D eigenvalue weighted by Crippen LogP contribution is 2.40. The predicted octanol–water partition coefficient (Wildman–Crippen LogP) is 5.04. The van der Waals surface area contributed by atoms with E-state index in [9.17, 15) is 9.59 Å². The highest BCUT2D eigenvalue weighted by Gasteiger charge is 2.24. The third-order valence-corrected chi connectivity index (χ3v) is 4.54. The first-order valence-corrected chi connectivity index (χ1v) is 9.76. The van der Waals surface area contributed by atoms with Gasteiger partial charge in [0.25, 0.3) is 0 Å². The molecule has 2 aromatic carbocycles. The van der Waals surface area contributed by atoms with Crippen LogP contribution in [0.2, 0.25) is 0 Å². The monoisotopic (exact) mass is 424 g/mol. The van der Waals surface area contributed by atoms with Crippen molar-refractivity contribution in [1.29, 1.82) is 0 Å². The number of carbonyl (C=O) groups is 2. The lowest BCUT2D eigenvalue weighted by atomic mass is 10.00. The number of rotatable bonds is 9. The second-order valence-corrected chi connectivity index (χ2v) is 7.03. The molecule has 0 bridgehead atoms. The van der Waals surface area contributed by atoms with E-state index in [0.717, 1.165) is 16.9 Å². The minimum Gasteiger partial charge on any atom is -0.497 e. The van der Waals surface area contributed by atoms with E-state index in [0.29, 0.717) is 17.7 Å². The van der Waals surface area contributed by atoms with Crippen molar-refractivity contribution in [2.75, 3.05) is 21.3 Å². The topological polar surface area (TPSA) is 71.1 Å². The lowest BCUT2D eigenvalue weighted by molar-refractivity contribution is -0.128. The highest BCUT2D eigenvalue weighted by molar-refractivity contribution is 6.02. The molecular weight excluding hydrogens is 396 g/mol. The molecule has 0 fully saturated rings. The number of benzene rings is 2. The first-order chi connectivity index (χ1) is 14.8. The van der Waals surface area contributed by atoms with Crippen molar-refractivity contribution in [3.05, 3.63) is 64.7 Å². The van der Waals surface area contributed by atoms with Crippen LogP contribution in [0.5, 0.6) is 23.0 Å². The van der Waals surface area contributed by atoms with Gasteiger partial charge in [0.15, 0.2) is 11.5 Å². The second-order valence-electron chi connectivity index (χ2n) is 7.03. The molecule has 0 aliphatic rings. The van der Waals surface area contributed by atoms with Gasteiger partial charge in [-0.25, -0.2) is 4.79 Å². The summed E-state index contributed by atoms with van der Waals surface area (Å²) in [5.74, 6) is 0.726. The van der Waals surface area contributed by atoms with E-state index in [4.69, 9.17) is 18.9 Å². The molecule has 0 unspecified atom stereocenters. The number of Topliss-reactive ketones (excluding diaryl/α,β-unsaturated/α-hetero) is 1. The van der Waals surface area contributed by atoms with Crippen molar-refractivity contribution in [1.82, 2.24) is 0 Å². The molecule has 31 heavy (non-hydrogen) atoms. The zero-order valence-corrected chi connectivity index (χ0v) is 18.8. The Balaban J connectivity index is 2.47. The standard InChI is InChI=1S/C25H28O6/c1-16(2)7-13-20-21(29-5)15-22(30-6)24(17(3)26)25(20)31-23(27)14-10-18-8-11-19(28-4)12-9-18/h7-12,14-15H,13H2,1-6H3/b14-10-. The van der Waals surface area contributed by atoms with Crippen LogP contribution < -0.4 is 18.9 Å². The van der Waals surface area contributed by atoms with Gasteiger partial charge in [-0.2, -0.15) is 0 Å². The Morgan fingerprint density at radius 2 is 1.55 bits per heavy atom. The molecule has 6 nitrogen and oxygen atoms in total. The maximum atomic E-state index is 12.6. The third kappa shape index (κ3) is 6.22. The van der Waals surface area contributed by atoms with Gasteiger partial charge in [-0.1, -0.05) is 23.8 Å². The Labute approximate surface area is 183 Å². The quantitative estimate of drug-likeness (QED) is 0.185. The molecule has 0 radical (unpaired) electrons. The molecule has 0 N–H and O–H groups in total. The fourth-order valence-electron chi connectivity index (χ4n) is 2.96. The van der Waals surface area contributed by atoms with Gasteiger partial charge in [0.05, 0.1) is 21.3 Å². The number of allylic oxidation sites excluding steroid dienone is 2. The number of carbonyl (C=O) groups excluding carboxylic acids is 2. The van der Waals surface area contributed by atoms with E-state index in [1.807, 2.05) is 32.1 Å². The van der Waals surface area contributed by atoms with Gasteiger partial charge in [0.2, 0.25) is 0 Å². The minimum atomic E-state index is -0.618. The van der Waals surface area contributed by atoms with E-state index < -0.39 is 5.97 Å². The number of ketones is 1. The maximum absolute atomic E-state index is 12.6. The normalized spacial score (nSPS) is 10.5. The predicted molar refractivity (Wildman–Crippen MR) is 120 cm³/mol. The van der Waals surface area contributed by atoms with Gasteiger partial charge in [-0.15, -0.1) is 0 Å². The van der Waals surface area contributed by atoms with Gasteiger partial charge in [-0.05, 0) is 51.0 Å². The summed E-state index contributed by atoms with van der Waals surface area (Å²) in [6, 6.07) is 8.86. The van der Waals surface area contributed by atoms with E-state index in [1.165, 1.54) is 27.2 Å². The first-order valence-electron chi connectivity index (χ1n) is 9.76. The van der Waals surface area contributed by atoms with Gasteiger partial charge in [0, 0.05) is 17.7 Å². The molecule has 0 aliphatic carbocycles. The van der Waals surface area contributed by atoms with Crippen LogP contribution in [-0.4, -0.2) is 33.1 Å². The molecule has 2 rings (SSSR count). The molecule has 0 heterocycles. The molecule has 0 saturated carbocycles. The summed E-state index contributed by atoms with van der Waals surface area (Å²) in [6.45, 7) is 5.33. The van der Waals surface area contributed by atoms with Gasteiger partial charge < -0.3 is 18.9 Å². The van der Waals surface area contributed by atoms with Crippen LogP contribution in [0, 0.1) is 0 Å². The summed E-state index contributed by atoms with van der Waals surface area (Å²) in [5.41, 5.74) is 2.68. The van der Waals surface area contributed by atoms with Crippen LogP contribution in [0.3, 0.4) is 0 Å². The summed E-state index contributed by atoms with van der Waals surface area (Å²) < 4.78 is 21.6. The van der Waals surface area contributed by atoms with Gasteiger partial charge in [0.1, 0.15) is 22.8 Å². The Morgan fingerprint density at radius 1 is 0.903 bits per heavy atom. The molecule has 0 saturated heterocycles. The second kappa shape index (κ2) is 11.0. The number of esters is 1. The molecule has 0 spiro atoms. The van der Waals surface area contributed by atoms with Crippen molar-refractivity contribution < 1.29 is 28.5 Å². The van der Waals surface area contributed by atoms with Crippen LogP contribution in [-0.2, 0) is 11.2 Å². The first kappa shape index (κ1) is 23.7. The molecule has 0 aliphatic heterocycles. The molecule has 0 amide bonds. The Bertz CT molecular complexity index is 996. The number of hydrogen-bond donors (Lipinski definition) is 0. The maximum Gasteiger partial charge on any atom is 0.336 e. The number of hydrogen-bond acceptors (Lipinski definition) is 6. The van der Waals surface area contributed by atoms with Crippen LogP contribution in [0.15, 0.2) is 48.1 Å². The summed E-state index contributed by atoms with van der Waals surface area (Å²) in [4.78, 5) is 25.0. The SMILES string of the molecule is COc1ccc(/C=C\C(=O)Oc2c(CC=C(C)C)c(OC)cc(OC)c2C(C)=O)cc1. The van der Waals surface area contributed by atoms with Crippen molar-refractivity contribution >= 4 is 17.8 Å². The van der Waals surface area contributed by atoms with Crippen LogP contribution in [0.25, 0.3) is 6.08 Å². The van der Waals surface area contributed by atoms with Gasteiger partial charge >= 0.3 is 5.97 Å². The van der Waals surface area contributed by atoms with Crippen molar-refractivity contribution in [2.45, 2.75) is 27.2 Å². The van der Waals surface area contributed by atoms with E-state index in [-0.39, 0.29) is 22.8 Å². The fourth-order valence-corrected chi connectivity index (χ4v) is 2.96. The van der Waals surface area contributed by atoms with E-state index in [2.05, 4.69) is 0 Å². The fraction of sp³-hybridized carbons (Fsp3) is 0.280. The number of methoxy groups -OCH3 is 3. The molecule has 6 heteroatoms. The smallest absolute Gasteiger partial charge is 0.336 e. The Kier molecular flexibility index (Phi) is 8.43. The lowest BCUT2D eigenvalue weighted by Crippen LogP contribution is -2.12. The molecule has 0 aromatic heterocycles. The molecule has 164 valence electrons. The van der Waals surface area contributed by atoms with Crippen molar-refractivity contribution in [3.8, 4) is 23.0 Å². The average Bonchev–Trinajstić information content (AvgIpc) is 2.75. The summed E-state index contributed by atoms with van der Waals surface area (Å²) >= 11 is 0. The zero-order chi connectivity index (χ0) is 23.0. The average molecular weight is 424 g/mol. The van der Waals surface area contributed by atoms with Crippen LogP contribution in [0.4, 0.5) is 0 Å². The van der Waals surface area contributed by atoms with E-state index in [1.54, 1.807) is 31.4 Å². The largest absolute Gasteiger partial charge is 0.497 e. The number of ether oxygens (including phenoxy) is 4. The van der Waals surface area contributed by atoms with Crippen LogP contribution in [0.1, 0.15) is 42.3 Å². The van der Waals surface area contributed by atoms with Gasteiger partial charge in [-0.3, -0.25) is 4.79 Å². The Morgan fingerprint density at radius 3 is 2.06 bits per heavy atom. The van der Waals surface area contributed by atoms with Crippen molar-refractivity contribution in [3.63, 3.8) is 0 Å². The third-order valence-electron chi connectivity index (χ3n) is 4.54. The summed E-state index contributed by atoms with van der Waals surface area (Å²) in [7, 11) is 4.56. The highest BCUT2D eigenvalue weighted by atomic mass is 16.5. The van der Waals surface area contributed by atoms with Crippen molar-refractivity contribution in [2.24, 2.45) is 0 Å². The minimum absolute atomic E-state index is 0.144. The lowest BCUT2D eigenvalue weighted by Gasteiger charge is -2.18. The molecule has 2 aromatic rings. The zero-order valence-electron chi connectivity index (χ0n) is 18.8. The van der Waals surface area contributed by atoms with Crippen LogP contribution >= 0.6 is 0 Å². The van der Waals surface area contributed by atoms with E-state index >= 15 is 0 Å². The Hall–Kier alpha value is -3.54.